The molecule has 28 heavy (non-hydrogen) atoms. The predicted molar refractivity (Wildman–Crippen MR) is 102 cm³/mol. The minimum atomic E-state index is -0.0465. The summed E-state index contributed by atoms with van der Waals surface area (Å²) >= 11 is 0. The lowest BCUT2D eigenvalue weighted by Gasteiger charge is -2.11. The molecule has 1 fully saturated rings. The van der Waals surface area contributed by atoms with Crippen molar-refractivity contribution in [1.82, 2.24) is 19.7 Å². The van der Waals surface area contributed by atoms with Gasteiger partial charge in [-0.1, -0.05) is 0 Å². The quantitative estimate of drug-likeness (QED) is 0.680. The lowest BCUT2D eigenvalue weighted by molar-refractivity contribution is 0.0996. The fourth-order valence-electron chi connectivity index (χ4n) is 3.43. The van der Waals surface area contributed by atoms with E-state index in [2.05, 4.69) is 10.1 Å². The molecule has 4 heterocycles. The average molecular weight is 377 g/mol. The van der Waals surface area contributed by atoms with Gasteiger partial charge in [0.25, 0.3) is 11.8 Å². The maximum atomic E-state index is 12.8. The zero-order chi connectivity index (χ0) is 19.3. The summed E-state index contributed by atoms with van der Waals surface area (Å²) in [6, 6.07) is 5.96. The molecule has 5 rings (SSSR count). The Bertz CT molecular complexity index is 1070. The van der Waals surface area contributed by atoms with Crippen LogP contribution in [-0.4, -0.2) is 39.9 Å². The lowest BCUT2D eigenvalue weighted by atomic mass is 10.1. The van der Waals surface area contributed by atoms with Crippen LogP contribution < -0.4 is 14.4 Å². The smallest absolute Gasteiger partial charge is 0.260 e. The normalized spacial score (nSPS) is 15.6. The van der Waals surface area contributed by atoms with Gasteiger partial charge in [-0.3, -0.25) is 19.4 Å². The van der Waals surface area contributed by atoms with Gasteiger partial charge in [0.05, 0.1) is 55.6 Å². The molecule has 0 spiro atoms. The monoisotopic (exact) mass is 377 g/mol. The second-order valence-corrected chi connectivity index (χ2v) is 6.93. The summed E-state index contributed by atoms with van der Waals surface area (Å²) < 4.78 is 12.5. The largest absolute Gasteiger partial charge is 0.491 e. The van der Waals surface area contributed by atoms with Crippen LogP contribution in [0.4, 0.5) is 5.69 Å². The average Bonchev–Trinajstić information content (AvgIpc) is 3.38. The van der Waals surface area contributed by atoms with E-state index in [0.717, 1.165) is 35.5 Å². The molecule has 3 aromatic heterocycles. The fraction of sp³-hybridized carbons (Fsp3) is 0.300. The molecule has 0 aromatic carbocycles. The van der Waals surface area contributed by atoms with E-state index in [4.69, 9.17) is 14.5 Å². The van der Waals surface area contributed by atoms with Gasteiger partial charge in [0.15, 0.2) is 5.75 Å². The molecule has 0 bridgehead atoms. The molecular formula is C20H19N5O3. The van der Waals surface area contributed by atoms with Crippen LogP contribution in [0.25, 0.3) is 11.3 Å². The van der Waals surface area contributed by atoms with Crippen molar-refractivity contribution in [3.8, 4) is 22.9 Å². The molecule has 1 saturated carbocycles. The Labute approximate surface area is 161 Å². The van der Waals surface area contributed by atoms with E-state index in [-0.39, 0.29) is 5.91 Å². The van der Waals surface area contributed by atoms with Crippen molar-refractivity contribution in [2.45, 2.75) is 25.4 Å². The molecule has 2 aliphatic rings. The number of hydrogen-bond donors (Lipinski definition) is 0. The second kappa shape index (κ2) is 6.33. The molecule has 8 heteroatoms. The van der Waals surface area contributed by atoms with Crippen LogP contribution in [-0.2, 0) is 6.54 Å². The van der Waals surface area contributed by atoms with E-state index in [9.17, 15) is 4.79 Å². The zero-order valence-corrected chi connectivity index (χ0v) is 15.6. The summed E-state index contributed by atoms with van der Waals surface area (Å²) in [5.41, 5.74) is 3.71. The van der Waals surface area contributed by atoms with Crippen molar-refractivity contribution in [3.63, 3.8) is 0 Å². The number of methoxy groups -OCH3 is 2. The topological polar surface area (TPSA) is 82.4 Å². The highest BCUT2D eigenvalue weighted by atomic mass is 16.5. The first-order valence-electron chi connectivity index (χ1n) is 9.12. The Morgan fingerprint density at radius 1 is 1.14 bits per heavy atom. The van der Waals surface area contributed by atoms with Crippen molar-refractivity contribution >= 4 is 11.6 Å². The SMILES string of the molecule is COc1cc(-c2ccc3c(n2)CN(c2cnn(C4CC4)c2)C3=O)cnc1OC. The maximum absolute atomic E-state index is 12.8. The van der Waals surface area contributed by atoms with E-state index < -0.39 is 0 Å². The molecule has 142 valence electrons. The molecule has 8 nitrogen and oxygen atoms in total. The highest BCUT2D eigenvalue weighted by Crippen LogP contribution is 2.36. The summed E-state index contributed by atoms with van der Waals surface area (Å²) in [6.07, 6.45) is 7.69. The molecular weight excluding hydrogens is 358 g/mol. The molecule has 1 aliphatic heterocycles. The second-order valence-electron chi connectivity index (χ2n) is 6.93. The fourth-order valence-corrected chi connectivity index (χ4v) is 3.43. The van der Waals surface area contributed by atoms with Crippen LogP contribution in [0.2, 0.25) is 0 Å². The van der Waals surface area contributed by atoms with Gasteiger partial charge in [-0.15, -0.1) is 0 Å². The maximum Gasteiger partial charge on any atom is 0.260 e. The minimum absolute atomic E-state index is 0.0465. The molecule has 1 amide bonds. The van der Waals surface area contributed by atoms with Crippen LogP contribution in [0.1, 0.15) is 34.9 Å². The van der Waals surface area contributed by atoms with Crippen LogP contribution >= 0.6 is 0 Å². The van der Waals surface area contributed by atoms with Crippen molar-refractivity contribution in [2.75, 3.05) is 19.1 Å². The van der Waals surface area contributed by atoms with Gasteiger partial charge in [0.2, 0.25) is 0 Å². The number of hydrogen-bond acceptors (Lipinski definition) is 6. The van der Waals surface area contributed by atoms with E-state index in [1.807, 2.05) is 29.1 Å². The summed E-state index contributed by atoms with van der Waals surface area (Å²) in [5.74, 6) is 0.906. The third-order valence-electron chi connectivity index (χ3n) is 5.11. The number of carbonyl (C=O) groups excluding carboxylic acids is 1. The lowest BCUT2D eigenvalue weighted by Crippen LogP contribution is -2.22. The van der Waals surface area contributed by atoms with Crippen molar-refractivity contribution in [2.24, 2.45) is 0 Å². The predicted octanol–water partition coefficient (Wildman–Crippen LogP) is 2.85. The molecule has 1 aliphatic carbocycles. The Morgan fingerprint density at radius 2 is 2.00 bits per heavy atom. The van der Waals surface area contributed by atoms with Crippen LogP contribution in [0.5, 0.6) is 11.6 Å². The molecule has 0 radical (unpaired) electrons. The first kappa shape index (κ1) is 16.7. The van der Waals surface area contributed by atoms with Crippen LogP contribution in [0, 0.1) is 0 Å². The minimum Gasteiger partial charge on any atom is -0.491 e. The van der Waals surface area contributed by atoms with Crippen LogP contribution in [0.3, 0.4) is 0 Å². The highest BCUT2D eigenvalue weighted by molar-refractivity contribution is 6.09. The van der Waals surface area contributed by atoms with Crippen LogP contribution in [0.15, 0.2) is 36.8 Å². The first-order valence-corrected chi connectivity index (χ1v) is 9.12. The van der Waals surface area contributed by atoms with Crippen molar-refractivity contribution < 1.29 is 14.3 Å². The standard InChI is InChI=1S/C20H19N5O3/c1-27-18-7-12(8-21-19(18)28-2)16-6-5-15-17(23-16)11-24(20(15)26)14-9-22-25(10-14)13-3-4-13/h5-10,13H,3-4,11H2,1-2H3. The third kappa shape index (κ3) is 2.69. The van der Waals surface area contributed by atoms with Crippen molar-refractivity contribution in [1.29, 1.82) is 0 Å². The van der Waals surface area contributed by atoms with Gasteiger partial charge in [-0.25, -0.2) is 4.98 Å². The Kier molecular flexibility index (Phi) is 3.78. The Balaban J connectivity index is 1.45. The van der Waals surface area contributed by atoms with Gasteiger partial charge in [0.1, 0.15) is 0 Å². The molecule has 0 atom stereocenters. The van der Waals surface area contributed by atoms with Gasteiger partial charge >= 0.3 is 0 Å². The van der Waals surface area contributed by atoms with Crippen molar-refractivity contribution in [3.05, 3.63) is 48.0 Å². The van der Waals surface area contributed by atoms with Gasteiger partial charge < -0.3 is 9.47 Å². The van der Waals surface area contributed by atoms with E-state index in [1.165, 1.54) is 0 Å². The number of fused-ring (bicyclic) bond motifs is 1. The van der Waals surface area contributed by atoms with Gasteiger partial charge in [0, 0.05) is 18.0 Å². The van der Waals surface area contributed by atoms with E-state index >= 15 is 0 Å². The van der Waals surface area contributed by atoms with E-state index in [1.54, 1.807) is 31.5 Å². The number of ether oxygens (including phenoxy) is 2. The number of carbonyl (C=O) groups is 1. The van der Waals surface area contributed by atoms with E-state index in [0.29, 0.717) is 29.8 Å². The number of anilines is 1. The highest BCUT2D eigenvalue weighted by Gasteiger charge is 2.32. The first-order chi connectivity index (χ1) is 13.7. The summed E-state index contributed by atoms with van der Waals surface area (Å²) in [6.45, 7) is 0.430. The number of rotatable bonds is 5. The molecule has 0 N–H and O–H groups in total. The number of pyridine rings is 2. The zero-order valence-electron chi connectivity index (χ0n) is 15.6. The van der Waals surface area contributed by atoms with Gasteiger partial charge in [-0.2, -0.15) is 5.10 Å². The summed E-state index contributed by atoms with van der Waals surface area (Å²) in [4.78, 5) is 23.5. The molecule has 0 saturated heterocycles. The number of amides is 1. The van der Waals surface area contributed by atoms with Gasteiger partial charge in [-0.05, 0) is 31.0 Å². The third-order valence-corrected chi connectivity index (χ3v) is 5.11. The Morgan fingerprint density at radius 3 is 2.75 bits per heavy atom. The summed E-state index contributed by atoms with van der Waals surface area (Å²) in [7, 11) is 3.11. The molecule has 3 aromatic rings. The molecule has 0 unspecified atom stereocenters. The number of aromatic nitrogens is 4. The number of nitrogens with zero attached hydrogens (tertiary/aromatic N) is 5. The summed E-state index contributed by atoms with van der Waals surface area (Å²) in [5, 5.41) is 4.39. The Hall–Kier alpha value is -3.42.